The molecule has 0 aromatic heterocycles. The van der Waals surface area contributed by atoms with Gasteiger partial charge in [-0.2, -0.15) is 0 Å². The van der Waals surface area contributed by atoms with Crippen molar-refractivity contribution in [2.24, 2.45) is 0 Å². The van der Waals surface area contributed by atoms with Gasteiger partial charge in [0.25, 0.3) is 17.5 Å². The van der Waals surface area contributed by atoms with E-state index in [1.165, 1.54) is 37.3 Å². The standard InChI is InChI=1S/C20H12N2O5/c1-11(23)12-5-7-13(8-6-12)21-19(24)15-4-2-3-14-17(22(26)27)10-9-16(18(14)15)20(21)25/h2-10H,1H3. The molecule has 0 unspecified atom stereocenters. The maximum absolute atomic E-state index is 13.0. The van der Waals surface area contributed by atoms with E-state index in [9.17, 15) is 24.5 Å². The molecule has 0 N–H and O–H groups in total. The van der Waals surface area contributed by atoms with Crippen LogP contribution in [0.2, 0.25) is 0 Å². The van der Waals surface area contributed by atoms with Crippen LogP contribution in [-0.4, -0.2) is 22.5 Å². The van der Waals surface area contributed by atoms with E-state index < -0.39 is 16.7 Å². The zero-order valence-corrected chi connectivity index (χ0v) is 14.1. The number of carbonyl (C=O) groups excluding carboxylic acids is 3. The minimum Gasteiger partial charge on any atom is -0.295 e. The molecule has 0 fully saturated rings. The van der Waals surface area contributed by atoms with Crippen LogP contribution in [0.1, 0.15) is 38.0 Å². The van der Waals surface area contributed by atoms with Gasteiger partial charge in [0.1, 0.15) is 0 Å². The summed E-state index contributed by atoms with van der Waals surface area (Å²) in [4.78, 5) is 49.2. The summed E-state index contributed by atoms with van der Waals surface area (Å²) in [5.41, 5.74) is 1.09. The monoisotopic (exact) mass is 360 g/mol. The minimum absolute atomic E-state index is 0.125. The largest absolute Gasteiger partial charge is 0.295 e. The van der Waals surface area contributed by atoms with E-state index >= 15 is 0 Å². The molecule has 0 saturated heterocycles. The van der Waals surface area contributed by atoms with Crippen molar-refractivity contribution in [2.75, 3.05) is 4.90 Å². The normalized spacial score (nSPS) is 13.1. The first kappa shape index (κ1) is 16.6. The lowest BCUT2D eigenvalue weighted by atomic mass is 9.92. The predicted octanol–water partition coefficient (Wildman–Crippen LogP) is 3.75. The van der Waals surface area contributed by atoms with E-state index in [0.717, 1.165) is 4.90 Å². The maximum Gasteiger partial charge on any atom is 0.277 e. The van der Waals surface area contributed by atoms with Gasteiger partial charge < -0.3 is 0 Å². The molecule has 132 valence electrons. The van der Waals surface area contributed by atoms with Gasteiger partial charge in [0.2, 0.25) is 0 Å². The van der Waals surface area contributed by atoms with Gasteiger partial charge >= 0.3 is 0 Å². The number of benzene rings is 3. The SMILES string of the molecule is CC(=O)c1ccc(N2C(=O)c3cccc4c([N+](=O)[O-])ccc(c34)C2=O)cc1. The van der Waals surface area contributed by atoms with Crippen molar-refractivity contribution < 1.29 is 19.3 Å². The quantitative estimate of drug-likeness (QED) is 0.307. The van der Waals surface area contributed by atoms with Gasteiger partial charge in [-0.15, -0.1) is 0 Å². The second-order valence-corrected chi connectivity index (χ2v) is 6.17. The average Bonchev–Trinajstić information content (AvgIpc) is 2.66. The zero-order valence-electron chi connectivity index (χ0n) is 14.1. The van der Waals surface area contributed by atoms with Gasteiger partial charge in [-0.25, -0.2) is 4.90 Å². The molecule has 4 rings (SSSR count). The lowest BCUT2D eigenvalue weighted by Crippen LogP contribution is -2.40. The van der Waals surface area contributed by atoms with Crippen LogP contribution in [0, 0.1) is 10.1 Å². The Bertz CT molecular complexity index is 1140. The van der Waals surface area contributed by atoms with Crippen LogP contribution in [0.3, 0.4) is 0 Å². The third-order valence-corrected chi connectivity index (χ3v) is 4.61. The van der Waals surface area contributed by atoms with Crippen LogP contribution in [0.5, 0.6) is 0 Å². The minimum atomic E-state index is -0.561. The van der Waals surface area contributed by atoms with Crippen molar-refractivity contribution in [2.45, 2.75) is 6.92 Å². The Balaban J connectivity index is 1.91. The molecule has 0 atom stereocenters. The van der Waals surface area contributed by atoms with Gasteiger partial charge in [0, 0.05) is 28.1 Å². The van der Waals surface area contributed by atoms with Gasteiger partial charge in [0.15, 0.2) is 5.78 Å². The lowest BCUT2D eigenvalue weighted by molar-refractivity contribution is -0.383. The molecular weight excluding hydrogens is 348 g/mol. The summed E-state index contributed by atoms with van der Waals surface area (Å²) < 4.78 is 0. The van der Waals surface area contributed by atoms with Crippen molar-refractivity contribution in [3.8, 4) is 0 Å². The first-order chi connectivity index (χ1) is 12.9. The number of nitrogens with zero attached hydrogens (tertiary/aromatic N) is 2. The number of nitro groups is 1. The highest BCUT2D eigenvalue weighted by Gasteiger charge is 2.35. The summed E-state index contributed by atoms with van der Waals surface area (Å²) in [6.07, 6.45) is 0. The topological polar surface area (TPSA) is 97.6 Å². The fourth-order valence-corrected chi connectivity index (χ4v) is 3.32. The number of Topliss-reactive ketones (excluding diaryl/α,β-unsaturated/α-hetero) is 1. The Hall–Kier alpha value is -3.87. The van der Waals surface area contributed by atoms with Crippen LogP contribution < -0.4 is 4.90 Å². The van der Waals surface area contributed by atoms with Gasteiger partial charge in [-0.05, 0) is 49.4 Å². The second-order valence-electron chi connectivity index (χ2n) is 6.17. The van der Waals surface area contributed by atoms with E-state index in [4.69, 9.17) is 0 Å². The molecule has 3 aromatic rings. The number of imide groups is 1. The summed E-state index contributed by atoms with van der Waals surface area (Å²) in [5.74, 6) is -1.25. The lowest BCUT2D eigenvalue weighted by Gasteiger charge is -2.27. The second kappa shape index (κ2) is 5.84. The Morgan fingerprint density at radius 3 is 2.15 bits per heavy atom. The van der Waals surface area contributed by atoms with E-state index in [-0.39, 0.29) is 28.0 Å². The molecule has 0 radical (unpaired) electrons. The first-order valence-corrected chi connectivity index (χ1v) is 8.10. The molecule has 0 aliphatic carbocycles. The van der Waals surface area contributed by atoms with Crippen molar-refractivity contribution >= 4 is 39.7 Å². The van der Waals surface area contributed by atoms with E-state index in [2.05, 4.69) is 0 Å². The van der Waals surface area contributed by atoms with Gasteiger partial charge in [-0.3, -0.25) is 24.5 Å². The molecule has 0 saturated carbocycles. The number of anilines is 1. The van der Waals surface area contributed by atoms with E-state index in [0.29, 0.717) is 16.6 Å². The van der Waals surface area contributed by atoms with Crippen molar-refractivity contribution in [1.82, 2.24) is 0 Å². The van der Waals surface area contributed by atoms with Crippen molar-refractivity contribution in [3.05, 3.63) is 81.4 Å². The highest BCUT2D eigenvalue weighted by atomic mass is 16.6. The van der Waals surface area contributed by atoms with Gasteiger partial charge in [0.05, 0.1) is 16.0 Å². The molecule has 1 aliphatic rings. The fraction of sp³-hybridized carbons (Fsp3) is 0.0500. The Morgan fingerprint density at radius 2 is 1.56 bits per heavy atom. The molecule has 0 spiro atoms. The van der Waals surface area contributed by atoms with Crippen molar-refractivity contribution in [1.29, 1.82) is 0 Å². The van der Waals surface area contributed by atoms with Crippen LogP contribution in [-0.2, 0) is 0 Å². The Kier molecular flexibility index (Phi) is 3.59. The molecular formula is C20H12N2O5. The number of non-ortho nitro benzene ring substituents is 1. The summed E-state index contributed by atoms with van der Waals surface area (Å²) in [6.45, 7) is 1.43. The van der Waals surface area contributed by atoms with Crippen LogP contribution in [0.25, 0.3) is 10.8 Å². The Labute approximate surface area is 153 Å². The molecule has 1 heterocycles. The summed E-state index contributed by atoms with van der Waals surface area (Å²) in [5, 5.41) is 11.8. The Morgan fingerprint density at radius 1 is 0.926 bits per heavy atom. The summed E-state index contributed by atoms with van der Waals surface area (Å²) in [7, 11) is 0. The number of amides is 2. The van der Waals surface area contributed by atoms with Crippen LogP contribution in [0.15, 0.2) is 54.6 Å². The smallest absolute Gasteiger partial charge is 0.277 e. The van der Waals surface area contributed by atoms with Crippen molar-refractivity contribution in [3.63, 3.8) is 0 Å². The number of hydrogen-bond acceptors (Lipinski definition) is 5. The molecule has 2 amide bonds. The third-order valence-electron chi connectivity index (χ3n) is 4.61. The fourth-order valence-electron chi connectivity index (χ4n) is 3.32. The van der Waals surface area contributed by atoms with Crippen LogP contribution in [0.4, 0.5) is 11.4 Å². The predicted molar refractivity (Wildman–Crippen MR) is 98.2 cm³/mol. The number of rotatable bonds is 3. The number of carbonyl (C=O) groups is 3. The summed E-state index contributed by atoms with van der Waals surface area (Å²) >= 11 is 0. The first-order valence-electron chi connectivity index (χ1n) is 8.10. The van der Waals surface area contributed by atoms with E-state index in [1.54, 1.807) is 24.3 Å². The number of ketones is 1. The highest BCUT2D eigenvalue weighted by Crippen LogP contribution is 2.36. The highest BCUT2D eigenvalue weighted by molar-refractivity contribution is 6.36. The third kappa shape index (κ3) is 2.40. The summed E-state index contributed by atoms with van der Waals surface area (Å²) in [6, 6.07) is 13.4. The van der Waals surface area contributed by atoms with Crippen LogP contribution >= 0.6 is 0 Å². The van der Waals surface area contributed by atoms with E-state index in [1.807, 2.05) is 0 Å². The zero-order chi connectivity index (χ0) is 19.3. The number of nitro benzene ring substituents is 1. The molecule has 7 heteroatoms. The average molecular weight is 360 g/mol. The van der Waals surface area contributed by atoms with Gasteiger partial charge in [-0.1, -0.05) is 6.07 Å². The molecule has 0 bridgehead atoms. The molecule has 3 aromatic carbocycles. The molecule has 27 heavy (non-hydrogen) atoms. The molecule has 1 aliphatic heterocycles. The maximum atomic E-state index is 13.0. The number of hydrogen-bond donors (Lipinski definition) is 0. The molecule has 7 nitrogen and oxygen atoms in total.